The molecule has 2 aromatic heterocycles. The van der Waals surface area contributed by atoms with Crippen molar-refractivity contribution in [1.82, 2.24) is 9.55 Å². The summed E-state index contributed by atoms with van der Waals surface area (Å²) in [5.41, 5.74) is 8.16. The lowest BCUT2D eigenvalue weighted by molar-refractivity contribution is 0.0878. The molecule has 0 saturated carbocycles. The second kappa shape index (κ2) is 4.64. The van der Waals surface area contributed by atoms with E-state index in [9.17, 15) is 4.79 Å². The Morgan fingerprint density at radius 2 is 2.30 bits per heavy atom. The molecule has 3 rings (SSSR count). The third-order valence-corrected chi connectivity index (χ3v) is 3.30. The van der Waals surface area contributed by atoms with Gasteiger partial charge in [0.1, 0.15) is 12.2 Å². The predicted octanol–water partition coefficient (Wildman–Crippen LogP) is 1.95. The van der Waals surface area contributed by atoms with E-state index in [1.807, 2.05) is 10.6 Å². The number of nitrogens with two attached hydrogens (primary N) is 1. The van der Waals surface area contributed by atoms with Gasteiger partial charge in [0.05, 0.1) is 11.0 Å². The second-order valence-electron chi connectivity index (χ2n) is 4.66. The van der Waals surface area contributed by atoms with Crippen LogP contribution in [0.4, 0.5) is 5.95 Å². The summed E-state index contributed by atoms with van der Waals surface area (Å²) in [6.07, 6.45) is 0.923. The van der Waals surface area contributed by atoms with Crippen LogP contribution in [0.25, 0.3) is 22.0 Å². The van der Waals surface area contributed by atoms with Crippen LogP contribution in [0.15, 0.2) is 22.6 Å². The number of ketones is 1. The molecule has 0 saturated heterocycles. The van der Waals surface area contributed by atoms with Crippen molar-refractivity contribution < 1.29 is 14.3 Å². The van der Waals surface area contributed by atoms with E-state index in [-0.39, 0.29) is 5.76 Å². The number of Topliss-reactive ketones (excluding diaryl/α,β-unsaturated/α-hetero) is 1. The Morgan fingerprint density at radius 3 is 3.00 bits per heavy atom. The summed E-state index contributed by atoms with van der Waals surface area (Å²) in [4.78, 5) is 15.9. The minimum atomic E-state index is -0.570. The molecule has 0 amide bonds. The van der Waals surface area contributed by atoms with Crippen LogP contribution in [0.5, 0.6) is 0 Å². The Hall–Kier alpha value is -2.34. The molecule has 3 N–H and O–H groups in total. The monoisotopic (exact) mass is 273 g/mol. The Morgan fingerprint density at radius 1 is 1.50 bits per heavy atom. The zero-order valence-electron chi connectivity index (χ0n) is 11.1. The van der Waals surface area contributed by atoms with Crippen LogP contribution < -0.4 is 5.73 Å². The molecule has 0 bridgehead atoms. The van der Waals surface area contributed by atoms with Crippen LogP contribution >= 0.6 is 0 Å². The number of fused-ring (bicyclic) bond motifs is 3. The van der Waals surface area contributed by atoms with Gasteiger partial charge in [-0.2, -0.15) is 0 Å². The average molecular weight is 273 g/mol. The first-order valence-corrected chi connectivity index (χ1v) is 6.48. The minimum Gasteiger partial charge on any atom is -0.453 e. The predicted molar refractivity (Wildman–Crippen MR) is 75.6 cm³/mol. The smallest absolute Gasteiger partial charge is 0.223 e. The molecule has 0 unspecified atom stereocenters. The molecule has 0 atom stereocenters. The molecule has 104 valence electrons. The highest BCUT2D eigenvalue weighted by Gasteiger charge is 2.17. The Bertz CT molecular complexity index is 801. The van der Waals surface area contributed by atoms with E-state index >= 15 is 0 Å². The molecule has 0 aliphatic rings. The number of aryl methyl sites for hydroxylation is 1. The first-order valence-electron chi connectivity index (χ1n) is 6.48. The van der Waals surface area contributed by atoms with Crippen LogP contribution in [0.3, 0.4) is 0 Å². The number of furan rings is 1. The molecule has 20 heavy (non-hydrogen) atoms. The van der Waals surface area contributed by atoms with E-state index in [1.165, 1.54) is 0 Å². The molecule has 1 aromatic carbocycles. The summed E-state index contributed by atoms with van der Waals surface area (Å²) >= 11 is 0. The summed E-state index contributed by atoms with van der Waals surface area (Å²) in [7, 11) is 0. The fraction of sp³-hybridized carbons (Fsp3) is 0.286. The van der Waals surface area contributed by atoms with Gasteiger partial charge in [-0.15, -0.1) is 0 Å². The van der Waals surface area contributed by atoms with Crippen molar-refractivity contribution in [2.45, 2.75) is 19.9 Å². The van der Waals surface area contributed by atoms with E-state index in [1.54, 1.807) is 12.1 Å². The van der Waals surface area contributed by atoms with E-state index in [0.717, 1.165) is 29.4 Å². The highest BCUT2D eigenvalue weighted by atomic mass is 16.3. The largest absolute Gasteiger partial charge is 0.453 e. The van der Waals surface area contributed by atoms with Crippen LogP contribution in [-0.2, 0) is 6.54 Å². The van der Waals surface area contributed by atoms with Crippen molar-refractivity contribution in [2.24, 2.45) is 0 Å². The molecule has 2 heterocycles. The third-order valence-electron chi connectivity index (χ3n) is 3.30. The average Bonchev–Trinajstić information content (AvgIpc) is 3.00. The highest BCUT2D eigenvalue weighted by Crippen LogP contribution is 2.30. The zero-order valence-corrected chi connectivity index (χ0v) is 11.1. The van der Waals surface area contributed by atoms with Gasteiger partial charge < -0.3 is 19.8 Å². The maximum atomic E-state index is 11.5. The molecule has 6 heteroatoms. The third kappa shape index (κ3) is 1.77. The van der Waals surface area contributed by atoms with Gasteiger partial charge in [-0.05, 0) is 24.6 Å². The van der Waals surface area contributed by atoms with Gasteiger partial charge in [0.25, 0.3) is 0 Å². The van der Waals surface area contributed by atoms with Crippen molar-refractivity contribution in [2.75, 3.05) is 12.3 Å². The van der Waals surface area contributed by atoms with Gasteiger partial charge in [-0.3, -0.25) is 4.79 Å². The van der Waals surface area contributed by atoms with E-state index in [4.69, 9.17) is 15.3 Å². The van der Waals surface area contributed by atoms with Gasteiger partial charge in [-0.1, -0.05) is 6.92 Å². The number of aromatic nitrogens is 2. The summed E-state index contributed by atoms with van der Waals surface area (Å²) < 4.78 is 7.40. The topological polar surface area (TPSA) is 94.3 Å². The summed E-state index contributed by atoms with van der Waals surface area (Å²) in [5, 5.41) is 9.71. The molecule has 6 nitrogen and oxygen atoms in total. The molecule has 0 aliphatic carbocycles. The molecule has 0 fully saturated rings. The van der Waals surface area contributed by atoms with E-state index < -0.39 is 12.4 Å². The van der Waals surface area contributed by atoms with Crippen molar-refractivity contribution in [3.8, 4) is 0 Å². The molecular formula is C14H15N3O3. The Kier molecular flexibility index (Phi) is 2.94. The van der Waals surface area contributed by atoms with Crippen molar-refractivity contribution >= 4 is 33.7 Å². The maximum Gasteiger partial charge on any atom is 0.223 e. The Balaban J connectivity index is 2.33. The fourth-order valence-corrected chi connectivity index (χ4v) is 2.42. The standard InChI is InChI=1S/C14H15N3O3/c1-2-5-17-13-8-6-12(10(19)7-18)20-11(8)4-3-9(13)16-14(17)15/h3-4,6,18H,2,5,7H2,1H3,(H2,15,16). The number of carbonyl (C=O) groups is 1. The van der Waals surface area contributed by atoms with Crippen molar-refractivity contribution in [3.63, 3.8) is 0 Å². The summed E-state index contributed by atoms with van der Waals surface area (Å²) in [6, 6.07) is 5.22. The number of nitrogen functional groups attached to an aromatic ring is 1. The summed E-state index contributed by atoms with van der Waals surface area (Å²) in [6.45, 7) is 2.23. The minimum absolute atomic E-state index is 0.151. The number of hydrogen-bond donors (Lipinski definition) is 2. The molecule has 3 aromatic rings. The lowest BCUT2D eigenvalue weighted by Crippen LogP contribution is -2.02. The number of carbonyl (C=O) groups excluding carboxylic acids is 1. The number of imidazole rings is 1. The number of hydrogen-bond acceptors (Lipinski definition) is 5. The fourth-order valence-electron chi connectivity index (χ4n) is 2.42. The number of aliphatic hydroxyl groups excluding tert-OH is 1. The van der Waals surface area contributed by atoms with Crippen LogP contribution in [-0.4, -0.2) is 27.0 Å². The van der Waals surface area contributed by atoms with E-state index in [0.29, 0.717) is 11.5 Å². The second-order valence-corrected chi connectivity index (χ2v) is 4.66. The Labute approximate surface area is 114 Å². The SMILES string of the molecule is CCCn1c(N)nc2ccc3oc(C(=O)CO)cc3c21. The lowest BCUT2D eigenvalue weighted by Gasteiger charge is -2.03. The first kappa shape index (κ1) is 12.7. The highest BCUT2D eigenvalue weighted by molar-refractivity contribution is 6.07. The number of nitrogens with zero attached hydrogens (tertiary/aromatic N) is 2. The van der Waals surface area contributed by atoms with Gasteiger partial charge in [0, 0.05) is 11.9 Å². The van der Waals surface area contributed by atoms with Crippen molar-refractivity contribution in [1.29, 1.82) is 0 Å². The van der Waals surface area contributed by atoms with Crippen LogP contribution in [0.1, 0.15) is 23.9 Å². The quantitative estimate of drug-likeness (QED) is 0.708. The van der Waals surface area contributed by atoms with Crippen LogP contribution in [0.2, 0.25) is 0 Å². The molecule has 0 spiro atoms. The first-order chi connectivity index (χ1) is 9.65. The maximum absolute atomic E-state index is 11.5. The number of aliphatic hydroxyl groups is 1. The van der Waals surface area contributed by atoms with Crippen LogP contribution in [0, 0.1) is 0 Å². The molecular weight excluding hydrogens is 258 g/mol. The lowest BCUT2D eigenvalue weighted by atomic mass is 10.2. The van der Waals surface area contributed by atoms with Gasteiger partial charge in [0.15, 0.2) is 5.76 Å². The number of rotatable bonds is 4. The van der Waals surface area contributed by atoms with E-state index in [2.05, 4.69) is 11.9 Å². The molecule has 0 radical (unpaired) electrons. The van der Waals surface area contributed by atoms with Gasteiger partial charge in [-0.25, -0.2) is 4.98 Å². The van der Waals surface area contributed by atoms with Crippen molar-refractivity contribution in [3.05, 3.63) is 24.0 Å². The van der Waals surface area contributed by atoms with Gasteiger partial charge >= 0.3 is 0 Å². The van der Waals surface area contributed by atoms with Gasteiger partial charge in [0.2, 0.25) is 11.7 Å². The zero-order chi connectivity index (χ0) is 14.3. The number of anilines is 1. The summed E-state index contributed by atoms with van der Waals surface area (Å²) in [5.74, 6) is 0.160. The number of benzene rings is 1. The normalized spacial score (nSPS) is 11.5. The molecule has 0 aliphatic heterocycles.